The first-order valence-electron chi connectivity index (χ1n) is 7.67. The molecule has 0 fully saturated rings. The normalized spacial score (nSPS) is 10.9. The second-order valence-electron chi connectivity index (χ2n) is 5.43. The first kappa shape index (κ1) is 18.9. The van der Waals surface area contributed by atoms with Gasteiger partial charge >= 0.3 is 5.69 Å². The van der Waals surface area contributed by atoms with Crippen LogP contribution in [0.3, 0.4) is 0 Å². The van der Waals surface area contributed by atoms with Crippen molar-refractivity contribution in [3.63, 3.8) is 0 Å². The maximum Gasteiger partial charge on any atom is 0.312 e. The summed E-state index contributed by atoms with van der Waals surface area (Å²) in [5.74, 6) is 0.787. The molecule has 1 N–H and O–H groups in total. The first-order valence-corrected chi connectivity index (χ1v) is 8.84. The average Bonchev–Trinajstić information content (AvgIpc) is 2.63. The van der Waals surface area contributed by atoms with E-state index in [9.17, 15) is 15.2 Å². The van der Waals surface area contributed by atoms with E-state index in [0.29, 0.717) is 26.7 Å². The average molecular weight is 448 g/mol. The predicted molar refractivity (Wildman–Crippen MR) is 108 cm³/mol. The zero-order chi connectivity index (χ0) is 19.4. The van der Waals surface area contributed by atoms with Crippen LogP contribution >= 0.6 is 27.5 Å². The van der Waals surface area contributed by atoms with E-state index in [1.807, 2.05) is 0 Å². The number of halogens is 2. The minimum absolute atomic E-state index is 0.232. The lowest BCUT2D eigenvalue weighted by Crippen LogP contribution is -1.92. The predicted octanol–water partition coefficient (Wildman–Crippen LogP) is 6.26. The summed E-state index contributed by atoms with van der Waals surface area (Å²) in [5, 5.41) is 21.6. The molecule has 27 heavy (non-hydrogen) atoms. The van der Waals surface area contributed by atoms with Crippen molar-refractivity contribution >= 4 is 45.1 Å². The lowest BCUT2D eigenvalue weighted by atomic mass is 10.2. The molecular weight excluding hydrogens is 436 g/mol. The van der Waals surface area contributed by atoms with Crippen LogP contribution in [0.4, 0.5) is 11.4 Å². The van der Waals surface area contributed by atoms with Crippen LogP contribution in [0, 0.1) is 10.1 Å². The Bertz CT molecular complexity index is 1020. The Kier molecular flexibility index (Phi) is 5.73. The molecule has 0 saturated carbocycles. The number of hydrogen-bond donors (Lipinski definition) is 1. The van der Waals surface area contributed by atoms with Gasteiger partial charge in [-0.25, -0.2) is 0 Å². The number of phenols is 1. The first-order chi connectivity index (χ1) is 12.9. The highest BCUT2D eigenvalue weighted by Gasteiger charge is 2.17. The number of phenolic OH excluding ortho intramolecular Hbond substituents is 1. The molecule has 0 spiro atoms. The third-order valence-electron chi connectivity index (χ3n) is 3.50. The largest absolute Gasteiger partial charge is 0.502 e. The van der Waals surface area contributed by atoms with Crippen LogP contribution in [0.15, 0.2) is 70.1 Å². The topological polar surface area (TPSA) is 85.0 Å². The van der Waals surface area contributed by atoms with Gasteiger partial charge in [0, 0.05) is 27.3 Å². The number of ether oxygens (including phenoxy) is 1. The third-order valence-corrected chi connectivity index (χ3v) is 4.19. The van der Waals surface area contributed by atoms with Gasteiger partial charge in [0.1, 0.15) is 11.5 Å². The Morgan fingerprint density at radius 1 is 1.11 bits per heavy atom. The van der Waals surface area contributed by atoms with Crippen LogP contribution in [0.5, 0.6) is 17.2 Å². The maximum atomic E-state index is 11.0. The van der Waals surface area contributed by atoms with E-state index >= 15 is 0 Å². The number of benzene rings is 3. The standard InChI is InChI=1S/C19H12BrClN2O4/c20-13-8-12(19(24)18(9-13)23(25)26)11-22-15-4-6-16(7-5-15)27-17-3-1-2-14(21)10-17/h1-11,24H. The summed E-state index contributed by atoms with van der Waals surface area (Å²) in [5.41, 5.74) is 0.432. The van der Waals surface area contributed by atoms with E-state index in [1.165, 1.54) is 12.3 Å². The van der Waals surface area contributed by atoms with E-state index in [1.54, 1.807) is 54.6 Å². The second-order valence-corrected chi connectivity index (χ2v) is 6.78. The fourth-order valence-corrected chi connectivity index (χ4v) is 2.90. The molecule has 0 aliphatic carbocycles. The fourth-order valence-electron chi connectivity index (χ4n) is 2.25. The Balaban J connectivity index is 1.78. The van der Waals surface area contributed by atoms with Gasteiger partial charge in [-0.05, 0) is 48.5 Å². The molecule has 0 heterocycles. The summed E-state index contributed by atoms with van der Waals surface area (Å²) in [4.78, 5) is 14.5. The highest BCUT2D eigenvalue weighted by atomic mass is 79.9. The van der Waals surface area contributed by atoms with Crippen LogP contribution < -0.4 is 4.74 Å². The van der Waals surface area contributed by atoms with Gasteiger partial charge in [0.25, 0.3) is 0 Å². The number of nitro benzene ring substituents is 1. The number of rotatable bonds is 5. The van der Waals surface area contributed by atoms with Crippen molar-refractivity contribution in [3.05, 3.63) is 85.8 Å². The lowest BCUT2D eigenvalue weighted by molar-refractivity contribution is -0.385. The molecule has 0 aromatic heterocycles. The van der Waals surface area contributed by atoms with Crippen molar-refractivity contribution in [1.82, 2.24) is 0 Å². The number of hydrogen-bond acceptors (Lipinski definition) is 5. The monoisotopic (exact) mass is 446 g/mol. The molecule has 0 atom stereocenters. The molecule has 3 rings (SSSR count). The van der Waals surface area contributed by atoms with E-state index < -0.39 is 16.4 Å². The molecule has 0 unspecified atom stereocenters. The number of aromatic hydroxyl groups is 1. The molecule has 0 aliphatic heterocycles. The lowest BCUT2D eigenvalue weighted by Gasteiger charge is -2.06. The zero-order valence-corrected chi connectivity index (χ0v) is 16.0. The summed E-state index contributed by atoms with van der Waals surface area (Å²) in [7, 11) is 0. The van der Waals surface area contributed by atoms with Crippen molar-refractivity contribution in [3.8, 4) is 17.2 Å². The van der Waals surface area contributed by atoms with Crippen molar-refractivity contribution in [2.75, 3.05) is 0 Å². The Morgan fingerprint density at radius 3 is 2.52 bits per heavy atom. The number of aliphatic imine (C=N–C) groups is 1. The van der Waals surface area contributed by atoms with Gasteiger partial charge in [-0.1, -0.05) is 33.6 Å². The van der Waals surface area contributed by atoms with Crippen LogP contribution in [-0.2, 0) is 0 Å². The smallest absolute Gasteiger partial charge is 0.312 e. The summed E-state index contributed by atoms with van der Waals surface area (Å²) in [6, 6.07) is 16.7. The summed E-state index contributed by atoms with van der Waals surface area (Å²) >= 11 is 9.11. The summed E-state index contributed by atoms with van der Waals surface area (Å²) < 4.78 is 6.17. The Morgan fingerprint density at radius 2 is 1.85 bits per heavy atom. The molecule has 8 heteroatoms. The SMILES string of the molecule is O=[N+]([O-])c1cc(Br)cc(C=Nc2ccc(Oc3cccc(Cl)c3)cc2)c1O. The third kappa shape index (κ3) is 4.84. The highest BCUT2D eigenvalue weighted by Crippen LogP contribution is 2.33. The van der Waals surface area contributed by atoms with Crippen molar-refractivity contribution < 1.29 is 14.8 Å². The second kappa shape index (κ2) is 8.20. The van der Waals surface area contributed by atoms with Gasteiger partial charge in [0.05, 0.1) is 10.6 Å². The van der Waals surface area contributed by atoms with E-state index in [0.717, 1.165) is 0 Å². The van der Waals surface area contributed by atoms with Gasteiger partial charge in [-0.3, -0.25) is 15.1 Å². The molecule has 3 aromatic carbocycles. The molecule has 0 saturated heterocycles. The number of nitrogens with zero attached hydrogens (tertiary/aromatic N) is 2. The van der Waals surface area contributed by atoms with Crippen molar-refractivity contribution in [2.24, 2.45) is 4.99 Å². The zero-order valence-electron chi connectivity index (χ0n) is 13.7. The van der Waals surface area contributed by atoms with Gasteiger partial charge in [0.15, 0.2) is 0 Å². The maximum absolute atomic E-state index is 11.0. The highest BCUT2D eigenvalue weighted by molar-refractivity contribution is 9.10. The molecule has 0 aliphatic rings. The van der Waals surface area contributed by atoms with E-state index in [-0.39, 0.29) is 5.56 Å². The summed E-state index contributed by atoms with van der Waals surface area (Å²) in [6.07, 6.45) is 1.36. The molecule has 0 bridgehead atoms. The molecular formula is C19H12BrClN2O4. The minimum Gasteiger partial charge on any atom is -0.502 e. The number of nitro groups is 1. The molecule has 0 radical (unpaired) electrons. The van der Waals surface area contributed by atoms with Crippen molar-refractivity contribution in [2.45, 2.75) is 0 Å². The van der Waals surface area contributed by atoms with Crippen LogP contribution in [0.25, 0.3) is 0 Å². The quantitative estimate of drug-likeness (QED) is 0.284. The molecule has 136 valence electrons. The van der Waals surface area contributed by atoms with Gasteiger partial charge < -0.3 is 9.84 Å². The Hall–Kier alpha value is -2.90. The fraction of sp³-hybridized carbons (Fsp3) is 0. The molecule has 3 aromatic rings. The molecule has 6 nitrogen and oxygen atoms in total. The van der Waals surface area contributed by atoms with Crippen LogP contribution in [0.1, 0.15) is 5.56 Å². The van der Waals surface area contributed by atoms with Crippen molar-refractivity contribution in [1.29, 1.82) is 0 Å². The van der Waals surface area contributed by atoms with Gasteiger partial charge in [0.2, 0.25) is 5.75 Å². The summed E-state index contributed by atoms with van der Waals surface area (Å²) in [6.45, 7) is 0. The van der Waals surface area contributed by atoms with E-state index in [4.69, 9.17) is 16.3 Å². The molecule has 0 amide bonds. The van der Waals surface area contributed by atoms with E-state index in [2.05, 4.69) is 20.9 Å². The van der Waals surface area contributed by atoms with Gasteiger partial charge in [-0.15, -0.1) is 0 Å². The van der Waals surface area contributed by atoms with Gasteiger partial charge in [-0.2, -0.15) is 0 Å². The van der Waals surface area contributed by atoms with Crippen LogP contribution in [-0.4, -0.2) is 16.2 Å². The Labute approximate surface area is 168 Å². The van der Waals surface area contributed by atoms with Crippen LogP contribution in [0.2, 0.25) is 5.02 Å². The minimum atomic E-state index is -0.653.